The number of benzene rings is 4. The Hall–Kier alpha value is -2.77. The van der Waals surface area contributed by atoms with Crippen LogP contribution in [0.1, 0.15) is 46.6 Å². The molecule has 0 aliphatic carbocycles. The van der Waals surface area contributed by atoms with Gasteiger partial charge in [0.25, 0.3) is 0 Å². The summed E-state index contributed by atoms with van der Waals surface area (Å²) < 4.78 is 11.7. The number of nitrogens with one attached hydrogen (secondary N) is 1. The van der Waals surface area contributed by atoms with Crippen LogP contribution < -0.4 is 44.9 Å². The molecule has 0 bridgehead atoms. The molecule has 1 atom stereocenters. The van der Waals surface area contributed by atoms with Gasteiger partial charge in [0.15, 0.2) is 5.75 Å². The summed E-state index contributed by atoms with van der Waals surface area (Å²) in [5.41, 5.74) is 13.0. The summed E-state index contributed by atoms with van der Waals surface area (Å²) in [6, 6.07) is 27.5. The number of hydrogen-bond acceptors (Lipinski definition) is 3. The van der Waals surface area contributed by atoms with E-state index in [1.807, 2.05) is 31.2 Å². The molecule has 4 aromatic rings. The maximum atomic E-state index is 11.7. The molecule has 46 heavy (non-hydrogen) atoms. The van der Waals surface area contributed by atoms with Gasteiger partial charge in [0.1, 0.15) is 31.3 Å². The zero-order valence-corrected chi connectivity index (χ0v) is 29.4. The highest BCUT2D eigenvalue weighted by atomic mass is 35.5. The van der Waals surface area contributed by atoms with Crippen LogP contribution in [0.2, 0.25) is 10.0 Å². The molecule has 1 heterocycles. The van der Waals surface area contributed by atoms with Crippen LogP contribution in [0.4, 0.5) is 0 Å². The molecule has 246 valence electrons. The Bertz CT molecular complexity index is 1560. The van der Waals surface area contributed by atoms with Crippen LogP contribution >= 0.6 is 23.2 Å². The van der Waals surface area contributed by atoms with Crippen LogP contribution in [-0.2, 0) is 17.8 Å². The van der Waals surface area contributed by atoms with Crippen molar-refractivity contribution in [1.82, 2.24) is 0 Å². The molecule has 1 aliphatic heterocycles. The highest BCUT2D eigenvalue weighted by Crippen LogP contribution is 2.34. The first-order valence-electron chi connectivity index (χ1n) is 15.4. The molecular weight excluding hydrogens is 662 g/mol. The van der Waals surface area contributed by atoms with Gasteiger partial charge in [-0.1, -0.05) is 77.8 Å². The van der Waals surface area contributed by atoms with Gasteiger partial charge >= 0.3 is 0 Å². The minimum Gasteiger partial charge on any atom is -1.00 e. The smallest absolute Gasteiger partial charge is 0.156 e. The average Bonchev–Trinajstić information content (AvgIpc) is 3.01. The number of halogens is 4. The molecule has 4 N–H and O–H groups in total. The molecule has 4 aromatic carbocycles. The summed E-state index contributed by atoms with van der Waals surface area (Å²) in [4.78, 5) is 13.2. The second-order valence-corrected chi connectivity index (χ2v) is 12.6. The van der Waals surface area contributed by atoms with E-state index in [-0.39, 0.29) is 24.8 Å². The molecule has 0 amide bonds. The van der Waals surface area contributed by atoms with Crippen molar-refractivity contribution in [2.75, 3.05) is 32.8 Å². The predicted molar refractivity (Wildman–Crippen MR) is 178 cm³/mol. The van der Waals surface area contributed by atoms with Gasteiger partial charge in [0.2, 0.25) is 0 Å². The minimum atomic E-state index is 0. The summed E-state index contributed by atoms with van der Waals surface area (Å²) in [6.45, 7) is 8.49. The van der Waals surface area contributed by atoms with Gasteiger partial charge in [-0.25, -0.2) is 0 Å². The monoisotopic (exact) mass is 702 g/mol. The summed E-state index contributed by atoms with van der Waals surface area (Å²) in [5, 5.41) is 1.00. The van der Waals surface area contributed by atoms with Gasteiger partial charge in [0, 0.05) is 11.5 Å². The molecule has 0 spiro atoms. The molecule has 0 saturated carbocycles. The van der Waals surface area contributed by atoms with Crippen molar-refractivity contribution in [3.05, 3.63) is 117 Å². The SMILES string of the molecule is Cc1cc(Cl)c(OCCOc2ccc(CC(C[NH3+])c3ccc(-c4ccccc4C[NH+]4CCC(=O)CC4)cc3C)cc2)c(Cl)c1.[Cl-].[Cl-]. The second kappa shape index (κ2) is 18.0. The Morgan fingerprint density at radius 1 is 0.848 bits per heavy atom. The van der Waals surface area contributed by atoms with Crippen LogP contribution in [0.25, 0.3) is 11.1 Å². The van der Waals surface area contributed by atoms with Crippen LogP contribution in [0.3, 0.4) is 0 Å². The first-order chi connectivity index (χ1) is 21.3. The van der Waals surface area contributed by atoms with Crippen molar-refractivity contribution < 1.29 is 49.7 Å². The summed E-state index contributed by atoms with van der Waals surface area (Å²) in [6.07, 6.45) is 2.30. The zero-order valence-electron chi connectivity index (χ0n) is 26.4. The normalized spacial score (nSPS) is 13.8. The van der Waals surface area contributed by atoms with Crippen LogP contribution in [0.15, 0.2) is 78.9 Å². The number of carbonyl (C=O) groups is 1. The fourth-order valence-corrected chi connectivity index (χ4v) is 6.79. The molecule has 1 fully saturated rings. The Kier molecular flexibility index (Phi) is 14.7. The Morgan fingerprint density at radius 3 is 2.15 bits per heavy atom. The number of rotatable bonds is 12. The number of piperidine rings is 1. The van der Waals surface area contributed by atoms with E-state index < -0.39 is 0 Å². The molecule has 1 saturated heterocycles. The van der Waals surface area contributed by atoms with E-state index in [1.54, 1.807) is 0 Å². The Balaban J connectivity index is 0.00000288. The number of quaternary nitrogens is 2. The van der Waals surface area contributed by atoms with E-state index in [4.69, 9.17) is 32.7 Å². The number of carbonyl (C=O) groups excluding carboxylic acids is 1. The fraction of sp³-hybridized carbons (Fsp3) is 0.324. The van der Waals surface area contributed by atoms with Crippen molar-refractivity contribution in [2.24, 2.45) is 0 Å². The van der Waals surface area contributed by atoms with E-state index in [0.29, 0.717) is 53.6 Å². The quantitative estimate of drug-likeness (QED) is 0.205. The average molecular weight is 705 g/mol. The number of ketones is 1. The maximum Gasteiger partial charge on any atom is 0.156 e. The first kappa shape index (κ1) is 37.7. The van der Waals surface area contributed by atoms with Gasteiger partial charge in [-0.05, 0) is 77.9 Å². The molecule has 0 aromatic heterocycles. The van der Waals surface area contributed by atoms with Crippen LogP contribution in [0.5, 0.6) is 11.5 Å². The Morgan fingerprint density at radius 2 is 1.50 bits per heavy atom. The number of hydrogen-bond donors (Lipinski definition) is 2. The largest absolute Gasteiger partial charge is 1.00 e. The third-order valence-corrected chi connectivity index (χ3v) is 9.05. The van der Waals surface area contributed by atoms with E-state index in [1.165, 1.54) is 38.3 Å². The van der Waals surface area contributed by atoms with E-state index in [2.05, 4.69) is 67.3 Å². The summed E-state index contributed by atoms with van der Waals surface area (Å²) in [5.74, 6) is 2.00. The predicted octanol–water partition coefficient (Wildman–Crippen LogP) is 0.0590. The number of ether oxygens (including phenoxy) is 2. The fourth-order valence-electron chi connectivity index (χ4n) is 6.09. The van der Waals surface area contributed by atoms with Crippen LogP contribution in [0, 0.1) is 13.8 Å². The van der Waals surface area contributed by atoms with Gasteiger partial charge in [-0.15, -0.1) is 0 Å². The molecule has 1 aliphatic rings. The van der Waals surface area contributed by atoms with E-state index in [9.17, 15) is 4.79 Å². The van der Waals surface area contributed by atoms with Crippen molar-refractivity contribution in [1.29, 1.82) is 0 Å². The van der Waals surface area contributed by atoms with Crippen molar-refractivity contribution in [3.8, 4) is 22.6 Å². The van der Waals surface area contributed by atoms with Crippen molar-refractivity contribution in [3.63, 3.8) is 0 Å². The molecule has 9 heteroatoms. The molecule has 5 rings (SSSR count). The third-order valence-electron chi connectivity index (χ3n) is 8.49. The van der Waals surface area contributed by atoms with E-state index in [0.717, 1.165) is 43.9 Å². The summed E-state index contributed by atoms with van der Waals surface area (Å²) in [7, 11) is 0. The van der Waals surface area contributed by atoms with Crippen molar-refractivity contribution in [2.45, 2.75) is 45.6 Å². The number of aryl methyl sites for hydroxylation is 2. The maximum absolute atomic E-state index is 11.7. The molecule has 0 radical (unpaired) electrons. The van der Waals surface area contributed by atoms with Gasteiger partial charge in [-0.2, -0.15) is 0 Å². The molecule has 1 unspecified atom stereocenters. The first-order valence-corrected chi connectivity index (χ1v) is 16.2. The number of likely N-dealkylation sites (tertiary alicyclic amines) is 1. The van der Waals surface area contributed by atoms with Gasteiger partial charge in [-0.3, -0.25) is 4.79 Å². The molecular formula is C37H42Cl4N2O3. The van der Waals surface area contributed by atoms with Crippen LogP contribution in [-0.4, -0.2) is 38.6 Å². The number of Topliss-reactive ketones (excluding diaryl/α,β-unsaturated/α-hetero) is 1. The second-order valence-electron chi connectivity index (χ2n) is 11.8. The lowest BCUT2D eigenvalue weighted by atomic mass is 9.87. The van der Waals surface area contributed by atoms with Gasteiger partial charge in [0.05, 0.1) is 42.5 Å². The highest BCUT2D eigenvalue weighted by molar-refractivity contribution is 6.37. The zero-order chi connectivity index (χ0) is 31.1. The lowest BCUT2D eigenvalue weighted by Crippen LogP contribution is -3.11. The third kappa shape index (κ3) is 9.87. The topological polar surface area (TPSA) is 67.6 Å². The van der Waals surface area contributed by atoms with Crippen molar-refractivity contribution >= 4 is 29.0 Å². The summed E-state index contributed by atoms with van der Waals surface area (Å²) >= 11 is 12.5. The lowest BCUT2D eigenvalue weighted by molar-refractivity contribution is -0.915. The lowest BCUT2D eigenvalue weighted by Gasteiger charge is -2.24. The molecule has 5 nitrogen and oxygen atoms in total. The standard InChI is InChI=1S/C37H40Cl2N2O3.2ClH/c1-25-19-35(38)37(36(39)20-25)44-18-17-43-32-10-7-27(8-11-32)22-30(23-40)33-12-9-28(21-26(33)2)34-6-4-3-5-29(34)24-41-15-13-31(42)14-16-41;;/h3-12,19-21,30H,13-18,22-24,40H2,1-2H3;2*1H. The highest BCUT2D eigenvalue weighted by Gasteiger charge is 2.21. The van der Waals surface area contributed by atoms with Gasteiger partial charge < -0.3 is 44.9 Å². The Labute approximate surface area is 295 Å². The minimum absolute atomic E-state index is 0. The van der Waals surface area contributed by atoms with E-state index >= 15 is 0 Å².